The van der Waals surface area contributed by atoms with E-state index in [1.165, 1.54) is 12.5 Å². The molecule has 3 rings (SSSR count). The third-order valence-corrected chi connectivity index (χ3v) is 8.57. The van der Waals surface area contributed by atoms with Crippen LogP contribution in [0.15, 0.2) is 0 Å². The SMILES string of the molecule is CS(=O)(=O)C1CCC(=O)CC1.CS(=O)(=O)C1CCC2(CC1)OCCO2. The number of sulfone groups is 2. The van der Waals surface area contributed by atoms with Gasteiger partial charge in [0.2, 0.25) is 0 Å². The van der Waals surface area contributed by atoms with E-state index < -0.39 is 25.5 Å². The molecule has 7 nitrogen and oxygen atoms in total. The van der Waals surface area contributed by atoms with Crippen molar-refractivity contribution in [3.05, 3.63) is 0 Å². The first kappa shape index (κ1) is 20.8. The van der Waals surface area contributed by atoms with Crippen LogP contribution in [0.5, 0.6) is 0 Å². The molecular weight excluding hydrogens is 368 g/mol. The highest BCUT2D eigenvalue weighted by Crippen LogP contribution is 2.37. The van der Waals surface area contributed by atoms with Crippen molar-refractivity contribution in [3.63, 3.8) is 0 Å². The number of carbonyl (C=O) groups excluding carboxylic acids is 1. The minimum absolute atomic E-state index is 0.194. The molecule has 3 aliphatic rings. The Labute approximate surface area is 150 Å². The summed E-state index contributed by atoms with van der Waals surface area (Å²) < 4.78 is 55.6. The van der Waals surface area contributed by atoms with Gasteiger partial charge >= 0.3 is 0 Å². The van der Waals surface area contributed by atoms with Crippen LogP contribution in [-0.2, 0) is 33.9 Å². The molecule has 9 heteroatoms. The average Bonchev–Trinajstić information content (AvgIpc) is 2.95. The summed E-state index contributed by atoms with van der Waals surface area (Å²) >= 11 is 0. The van der Waals surface area contributed by atoms with Crippen LogP contribution in [0, 0.1) is 0 Å². The summed E-state index contributed by atoms with van der Waals surface area (Å²) in [6.45, 7) is 1.28. The van der Waals surface area contributed by atoms with Crippen molar-refractivity contribution >= 4 is 25.5 Å². The second-order valence-corrected chi connectivity index (χ2v) is 11.9. The lowest BCUT2D eigenvalue weighted by molar-refractivity contribution is -0.176. The van der Waals surface area contributed by atoms with Crippen LogP contribution >= 0.6 is 0 Å². The third-order valence-electron chi connectivity index (χ3n) is 5.21. The number of ether oxygens (including phenoxy) is 2. The minimum Gasteiger partial charge on any atom is -0.348 e. The van der Waals surface area contributed by atoms with Gasteiger partial charge in [-0.2, -0.15) is 0 Å². The van der Waals surface area contributed by atoms with Gasteiger partial charge < -0.3 is 9.47 Å². The monoisotopic (exact) mass is 396 g/mol. The number of rotatable bonds is 2. The molecule has 1 aliphatic heterocycles. The van der Waals surface area contributed by atoms with E-state index in [-0.39, 0.29) is 16.3 Å². The van der Waals surface area contributed by atoms with Crippen LogP contribution in [0.3, 0.4) is 0 Å². The molecule has 0 aromatic heterocycles. The number of ketones is 1. The lowest BCUT2D eigenvalue weighted by Gasteiger charge is -2.34. The van der Waals surface area contributed by atoms with E-state index in [0.717, 1.165) is 0 Å². The molecule has 0 radical (unpaired) electrons. The first-order valence-electron chi connectivity index (χ1n) is 8.69. The van der Waals surface area contributed by atoms with Crippen molar-refractivity contribution in [3.8, 4) is 0 Å². The fourth-order valence-electron chi connectivity index (χ4n) is 3.59. The van der Waals surface area contributed by atoms with Crippen LogP contribution in [-0.4, -0.2) is 64.6 Å². The predicted molar refractivity (Wildman–Crippen MR) is 93.8 cm³/mol. The number of Topliss-reactive ketones (excluding diaryl/α,β-unsaturated/α-hetero) is 1. The van der Waals surface area contributed by atoms with E-state index in [1.54, 1.807) is 0 Å². The smallest absolute Gasteiger partial charge is 0.168 e. The second-order valence-electron chi connectivity index (χ2n) is 7.20. The van der Waals surface area contributed by atoms with Gasteiger partial charge in [-0.05, 0) is 25.7 Å². The molecule has 0 aromatic carbocycles. The molecule has 0 bridgehead atoms. The zero-order valence-corrected chi connectivity index (χ0v) is 16.5. The van der Waals surface area contributed by atoms with E-state index in [2.05, 4.69) is 0 Å². The van der Waals surface area contributed by atoms with Crippen molar-refractivity contribution in [2.75, 3.05) is 25.7 Å². The van der Waals surface area contributed by atoms with Crippen LogP contribution in [0.25, 0.3) is 0 Å². The Morgan fingerprint density at radius 3 is 1.60 bits per heavy atom. The summed E-state index contributed by atoms with van der Waals surface area (Å²) in [5, 5.41) is -0.457. The van der Waals surface area contributed by atoms with Crippen molar-refractivity contribution in [2.24, 2.45) is 0 Å². The lowest BCUT2D eigenvalue weighted by Crippen LogP contribution is -2.39. The average molecular weight is 397 g/mol. The van der Waals surface area contributed by atoms with Crippen molar-refractivity contribution in [2.45, 2.75) is 67.7 Å². The Hall–Kier alpha value is -0.510. The highest BCUT2D eigenvalue weighted by molar-refractivity contribution is 7.91. The zero-order chi connectivity index (χ0) is 18.7. The molecule has 1 heterocycles. The van der Waals surface area contributed by atoms with Gasteiger partial charge in [0, 0.05) is 38.2 Å². The third kappa shape index (κ3) is 6.01. The van der Waals surface area contributed by atoms with Gasteiger partial charge in [0.25, 0.3) is 0 Å². The summed E-state index contributed by atoms with van der Waals surface area (Å²) in [4.78, 5) is 10.7. The maximum absolute atomic E-state index is 11.3. The van der Waals surface area contributed by atoms with E-state index >= 15 is 0 Å². The largest absolute Gasteiger partial charge is 0.348 e. The highest BCUT2D eigenvalue weighted by atomic mass is 32.2. The van der Waals surface area contributed by atoms with Gasteiger partial charge in [-0.3, -0.25) is 4.79 Å². The van der Waals surface area contributed by atoms with Gasteiger partial charge in [0.1, 0.15) is 25.5 Å². The Morgan fingerprint density at radius 1 is 0.800 bits per heavy atom. The fourth-order valence-corrected chi connectivity index (χ4v) is 5.77. The molecule has 25 heavy (non-hydrogen) atoms. The number of hydrogen-bond donors (Lipinski definition) is 0. The lowest BCUT2D eigenvalue weighted by atomic mass is 9.94. The molecule has 0 unspecified atom stereocenters. The molecule has 3 fully saturated rings. The van der Waals surface area contributed by atoms with Gasteiger partial charge in [-0.15, -0.1) is 0 Å². The summed E-state index contributed by atoms with van der Waals surface area (Å²) in [6, 6.07) is 0. The molecule has 0 N–H and O–H groups in total. The van der Waals surface area contributed by atoms with E-state index in [1.807, 2.05) is 0 Å². The fraction of sp³-hybridized carbons (Fsp3) is 0.938. The van der Waals surface area contributed by atoms with Crippen molar-refractivity contribution < 1.29 is 31.1 Å². The summed E-state index contributed by atoms with van der Waals surface area (Å²) in [7, 11) is -5.78. The summed E-state index contributed by atoms with van der Waals surface area (Å²) in [5.41, 5.74) is 0. The molecule has 0 aromatic rings. The molecule has 2 aliphatic carbocycles. The quantitative estimate of drug-likeness (QED) is 0.692. The van der Waals surface area contributed by atoms with Crippen molar-refractivity contribution in [1.82, 2.24) is 0 Å². The van der Waals surface area contributed by atoms with E-state index in [9.17, 15) is 21.6 Å². The molecule has 1 spiro atoms. The molecule has 146 valence electrons. The Kier molecular flexibility index (Phi) is 6.67. The Bertz CT molecular complexity index is 655. The van der Waals surface area contributed by atoms with Crippen LogP contribution in [0.4, 0.5) is 0 Å². The summed E-state index contributed by atoms with van der Waals surface area (Å²) in [5.74, 6) is -0.244. The molecular formula is C16H28O7S2. The van der Waals surface area contributed by atoms with Crippen molar-refractivity contribution in [1.29, 1.82) is 0 Å². The van der Waals surface area contributed by atoms with Gasteiger partial charge in [0.15, 0.2) is 5.79 Å². The molecule has 0 amide bonds. The van der Waals surface area contributed by atoms with Gasteiger partial charge in [0.05, 0.1) is 23.7 Å². The standard InChI is InChI=1S/C9H16O4S.C7H12O3S/c1-14(10,11)8-2-4-9(5-3-8)12-6-7-13-9;1-11(9,10)7-4-2-6(8)3-5-7/h8H,2-7H2,1H3;7H,2-5H2,1H3. The Morgan fingerprint density at radius 2 is 1.20 bits per heavy atom. The molecule has 2 saturated carbocycles. The predicted octanol–water partition coefficient (Wildman–Crippen LogP) is 1.26. The molecule has 0 atom stereocenters. The maximum atomic E-state index is 11.3. The van der Waals surface area contributed by atoms with Crippen LogP contribution in [0.1, 0.15) is 51.4 Å². The summed E-state index contributed by atoms with van der Waals surface area (Å²) in [6.07, 6.45) is 7.25. The molecule has 1 saturated heterocycles. The zero-order valence-electron chi connectivity index (χ0n) is 14.9. The van der Waals surface area contributed by atoms with Gasteiger partial charge in [-0.25, -0.2) is 16.8 Å². The van der Waals surface area contributed by atoms with Crippen LogP contribution < -0.4 is 0 Å². The number of hydrogen-bond acceptors (Lipinski definition) is 7. The topological polar surface area (TPSA) is 104 Å². The van der Waals surface area contributed by atoms with Crippen LogP contribution in [0.2, 0.25) is 0 Å². The van der Waals surface area contributed by atoms with E-state index in [0.29, 0.717) is 64.6 Å². The van der Waals surface area contributed by atoms with E-state index in [4.69, 9.17) is 9.47 Å². The number of carbonyl (C=O) groups is 1. The first-order chi connectivity index (χ1) is 11.5. The highest BCUT2D eigenvalue weighted by Gasteiger charge is 2.42. The Balaban J connectivity index is 0.000000186. The minimum atomic E-state index is -2.90. The normalized spacial score (nSPS) is 25.6. The second kappa shape index (κ2) is 8.02. The van der Waals surface area contributed by atoms with Gasteiger partial charge in [-0.1, -0.05) is 0 Å². The maximum Gasteiger partial charge on any atom is 0.168 e. The first-order valence-corrected chi connectivity index (χ1v) is 12.6.